The normalized spacial score (nSPS) is 13.1. The summed E-state index contributed by atoms with van der Waals surface area (Å²) in [6.45, 7) is 6.37. The first-order valence-corrected chi connectivity index (χ1v) is 12.2. The number of amides is 1. The molecule has 0 atom stereocenters. The van der Waals surface area contributed by atoms with Crippen LogP contribution in [0.3, 0.4) is 0 Å². The third kappa shape index (κ3) is 9.57. The third-order valence-electron chi connectivity index (χ3n) is 5.29. The summed E-state index contributed by atoms with van der Waals surface area (Å²) >= 11 is 0. The number of aromatic nitrogens is 4. The number of carbonyl (C=O) groups excluding carboxylic acids is 3. The van der Waals surface area contributed by atoms with Crippen molar-refractivity contribution in [3.8, 4) is 17.1 Å². The van der Waals surface area contributed by atoms with E-state index in [-0.39, 0.29) is 29.9 Å². The van der Waals surface area contributed by atoms with Gasteiger partial charge in [0.15, 0.2) is 5.82 Å². The van der Waals surface area contributed by atoms with Crippen LogP contribution in [-0.2, 0) is 33.3 Å². The molecule has 13 heteroatoms. The van der Waals surface area contributed by atoms with Gasteiger partial charge in [0.05, 0.1) is 39.6 Å². The molecule has 0 unspecified atom stereocenters. The lowest BCUT2D eigenvalue weighted by Crippen LogP contribution is -2.27. The van der Waals surface area contributed by atoms with E-state index in [1.54, 1.807) is 6.92 Å². The highest BCUT2D eigenvalue weighted by Crippen LogP contribution is 2.21. The minimum absolute atomic E-state index is 0.0920. The Balaban J connectivity index is 1.11. The molecule has 1 aromatic heterocycles. The monoisotopic (exact) mass is 529 g/mol. The second-order valence-corrected chi connectivity index (χ2v) is 8.11. The molecule has 2 aromatic rings. The van der Waals surface area contributed by atoms with Gasteiger partial charge < -0.3 is 29.0 Å². The standard InChI is InChI=1S/C25H31N5O8/c1-17-21(25(33)38-24(17)32)7-8-22(31)26-9-10-34-11-12-35-13-14-36-15-16-37-20-5-3-19(4-6-20)23-29-27-18(2)28-30-23/h3-6H,7-16H2,1-2H3,(H,26,31). The average Bonchev–Trinajstić information content (AvgIpc) is 3.16. The molecule has 1 amide bonds. The van der Waals surface area contributed by atoms with Gasteiger partial charge in [-0.1, -0.05) is 0 Å². The molecule has 1 aromatic carbocycles. The number of ether oxygens (including phenoxy) is 5. The summed E-state index contributed by atoms with van der Waals surface area (Å²) in [4.78, 5) is 34.6. The molecule has 1 aliphatic rings. The molecule has 3 rings (SSSR count). The lowest BCUT2D eigenvalue weighted by atomic mass is 10.1. The maximum Gasteiger partial charge on any atom is 0.342 e. The number of carbonyl (C=O) groups is 3. The van der Waals surface area contributed by atoms with Crippen LogP contribution in [0, 0.1) is 6.92 Å². The van der Waals surface area contributed by atoms with Crippen LogP contribution in [0.4, 0.5) is 0 Å². The number of benzene rings is 1. The Bertz CT molecular complexity index is 1110. The van der Waals surface area contributed by atoms with Gasteiger partial charge in [-0.25, -0.2) is 9.59 Å². The van der Waals surface area contributed by atoms with Crippen molar-refractivity contribution in [2.24, 2.45) is 0 Å². The van der Waals surface area contributed by atoms with Crippen LogP contribution in [0.25, 0.3) is 11.4 Å². The molecule has 204 valence electrons. The van der Waals surface area contributed by atoms with Crippen LogP contribution in [0.5, 0.6) is 5.75 Å². The van der Waals surface area contributed by atoms with Crippen molar-refractivity contribution >= 4 is 17.8 Å². The predicted octanol–water partition coefficient (Wildman–Crippen LogP) is 0.967. The lowest BCUT2D eigenvalue weighted by molar-refractivity contribution is -0.151. The highest BCUT2D eigenvalue weighted by molar-refractivity contribution is 6.12. The number of nitrogens with one attached hydrogen (secondary N) is 1. The van der Waals surface area contributed by atoms with Gasteiger partial charge in [-0.2, -0.15) is 0 Å². The van der Waals surface area contributed by atoms with Gasteiger partial charge in [0, 0.05) is 29.7 Å². The van der Waals surface area contributed by atoms with Crippen LogP contribution in [0.15, 0.2) is 35.4 Å². The number of rotatable bonds is 17. The first-order valence-electron chi connectivity index (χ1n) is 12.2. The van der Waals surface area contributed by atoms with Crippen molar-refractivity contribution in [1.29, 1.82) is 0 Å². The maximum atomic E-state index is 11.9. The number of cyclic esters (lactones) is 2. The van der Waals surface area contributed by atoms with Crippen molar-refractivity contribution in [2.45, 2.75) is 26.7 Å². The van der Waals surface area contributed by atoms with E-state index in [1.165, 1.54) is 6.92 Å². The van der Waals surface area contributed by atoms with Gasteiger partial charge in [0.2, 0.25) is 11.7 Å². The molecule has 0 aliphatic carbocycles. The molecule has 0 saturated heterocycles. The summed E-state index contributed by atoms with van der Waals surface area (Å²) in [5, 5.41) is 18.5. The van der Waals surface area contributed by atoms with Crippen molar-refractivity contribution in [3.05, 3.63) is 41.2 Å². The van der Waals surface area contributed by atoms with Gasteiger partial charge in [0.25, 0.3) is 0 Å². The Kier molecular flexibility index (Phi) is 11.7. The van der Waals surface area contributed by atoms with Crippen molar-refractivity contribution in [1.82, 2.24) is 25.7 Å². The van der Waals surface area contributed by atoms with E-state index in [9.17, 15) is 14.4 Å². The fourth-order valence-corrected chi connectivity index (χ4v) is 3.23. The second-order valence-electron chi connectivity index (χ2n) is 8.11. The van der Waals surface area contributed by atoms with Crippen LogP contribution >= 0.6 is 0 Å². The molecule has 0 saturated carbocycles. The quantitative estimate of drug-likeness (QED) is 0.176. The van der Waals surface area contributed by atoms with Gasteiger partial charge in [0.1, 0.15) is 12.4 Å². The van der Waals surface area contributed by atoms with Crippen LogP contribution < -0.4 is 10.1 Å². The number of aryl methyl sites for hydroxylation is 1. The number of nitrogens with zero attached hydrogens (tertiary/aromatic N) is 4. The zero-order chi connectivity index (χ0) is 27.2. The van der Waals surface area contributed by atoms with Crippen LogP contribution in [0.2, 0.25) is 0 Å². The molecule has 0 radical (unpaired) electrons. The molecular weight excluding hydrogens is 498 g/mol. The molecule has 0 spiro atoms. The first-order chi connectivity index (χ1) is 18.4. The summed E-state index contributed by atoms with van der Waals surface area (Å²) < 4.78 is 26.5. The summed E-state index contributed by atoms with van der Waals surface area (Å²) in [5.41, 5.74) is 1.32. The van der Waals surface area contributed by atoms with E-state index >= 15 is 0 Å². The highest BCUT2D eigenvalue weighted by Gasteiger charge is 2.29. The van der Waals surface area contributed by atoms with E-state index in [2.05, 4.69) is 30.4 Å². The molecule has 1 aliphatic heterocycles. The van der Waals surface area contributed by atoms with E-state index in [1.807, 2.05) is 24.3 Å². The Morgan fingerprint density at radius 3 is 2.03 bits per heavy atom. The van der Waals surface area contributed by atoms with Gasteiger partial charge in [-0.05, 0) is 44.5 Å². The predicted molar refractivity (Wildman–Crippen MR) is 132 cm³/mol. The zero-order valence-corrected chi connectivity index (χ0v) is 21.4. The minimum atomic E-state index is -0.671. The molecule has 0 fully saturated rings. The van der Waals surface area contributed by atoms with Crippen molar-refractivity contribution in [2.75, 3.05) is 52.8 Å². The lowest BCUT2D eigenvalue weighted by Gasteiger charge is -2.09. The average molecular weight is 530 g/mol. The number of esters is 2. The minimum Gasteiger partial charge on any atom is -0.491 e. The van der Waals surface area contributed by atoms with E-state index < -0.39 is 11.9 Å². The van der Waals surface area contributed by atoms with Crippen LogP contribution in [-0.4, -0.2) is 91.0 Å². The van der Waals surface area contributed by atoms with E-state index in [0.717, 1.165) is 5.56 Å². The fraction of sp³-hybridized carbons (Fsp3) is 0.480. The third-order valence-corrected chi connectivity index (χ3v) is 5.29. The molecule has 13 nitrogen and oxygen atoms in total. The molecule has 38 heavy (non-hydrogen) atoms. The topological polar surface area (TPSA) is 161 Å². The largest absolute Gasteiger partial charge is 0.491 e. The summed E-state index contributed by atoms with van der Waals surface area (Å²) in [5.74, 6) is 0.127. The number of hydrogen-bond acceptors (Lipinski definition) is 12. The maximum absolute atomic E-state index is 11.9. The summed E-state index contributed by atoms with van der Waals surface area (Å²) in [6, 6.07) is 7.33. The first kappa shape index (κ1) is 28.8. The Morgan fingerprint density at radius 1 is 0.816 bits per heavy atom. The van der Waals surface area contributed by atoms with Crippen molar-refractivity contribution < 1.29 is 38.1 Å². The molecule has 1 N–H and O–H groups in total. The molecule has 0 bridgehead atoms. The zero-order valence-electron chi connectivity index (χ0n) is 21.4. The SMILES string of the molecule is CC1=C(CCC(=O)NCCOCCOCCOCCOc2ccc(-c3nnc(C)nn3)cc2)C(=O)OC1=O. The smallest absolute Gasteiger partial charge is 0.342 e. The highest BCUT2D eigenvalue weighted by atomic mass is 16.6. The van der Waals surface area contributed by atoms with Crippen LogP contribution in [0.1, 0.15) is 25.6 Å². The molecule has 2 heterocycles. The number of hydrogen-bond donors (Lipinski definition) is 1. The summed E-state index contributed by atoms with van der Waals surface area (Å²) in [7, 11) is 0. The van der Waals surface area contributed by atoms with Gasteiger partial charge in [-0.15, -0.1) is 20.4 Å². The Hall–Kier alpha value is -3.81. The summed E-state index contributed by atoms with van der Waals surface area (Å²) in [6.07, 6.45) is 0.257. The second kappa shape index (κ2) is 15.4. The Labute approximate surface area is 219 Å². The van der Waals surface area contributed by atoms with E-state index in [4.69, 9.17) is 18.9 Å². The van der Waals surface area contributed by atoms with E-state index in [0.29, 0.717) is 70.2 Å². The van der Waals surface area contributed by atoms with Crippen molar-refractivity contribution in [3.63, 3.8) is 0 Å². The van der Waals surface area contributed by atoms with Gasteiger partial charge >= 0.3 is 11.9 Å². The van der Waals surface area contributed by atoms with Gasteiger partial charge in [-0.3, -0.25) is 4.79 Å². The fourth-order valence-electron chi connectivity index (χ4n) is 3.23. The molecular formula is C25H31N5O8. The Morgan fingerprint density at radius 2 is 1.42 bits per heavy atom.